The Hall–Kier alpha value is -0.760. The van der Waals surface area contributed by atoms with Crippen LogP contribution in [0.1, 0.15) is 19.3 Å². The molecule has 2 heteroatoms. The van der Waals surface area contributed by atoms with Crippen molar-refractivity contribution in [3.63, 3.8) is 0 Å². The Bertz CT molecular complexity index is 210. The fourth-order valence-electron chi connectivity index (χ4n) is 1.83. The fraction of sp³-hybridized carbons (Fsp3) is 0.600. The van der Waals surface area contributed by atoms with Crippen molar-refractivity contribution in [3.05, 3.63) is 24.5 Å². The molecule has 1 aliphatic heterocycles. The van der Waals surface area contributed by atoms with E-state index in [2.05, 4.69) is 34.4 Å². The molecule has 66 valence electrons. The smallest absolute Gasteiger partial charge is 0.0234 e. The number of nitrogens with zero attached hydrogens (tertiary/aromatic N) is 1. The van der Waals surface area contributed by atoms with Gasteiger partial charge in [0.15, 0.2) is 0 Å². The number of aromatic nitrogens is 1. The van der Waals surface area contributed by atoms with Crippen molar-refractivity contribution in [2.24, 2.45) is 0 Å². The zero-order chi connectivity index (χ0) is 8.23. The number of rotatable bonds is 3. The lowest BCUT2D eigenvalue weighted by Gasteiger charge is -2.09. The third-order valence-corrected chi connectivity index (χ3v) is 2.56. The van der Waals surface area contributed by atoms with Gasteiger partial charge in [-0.05, 0) is 37.9 Å². The van der Waals surface area contributed by atoms with E-state index in [-0.39, 0.29) is 0 Å². The summed E-state index contributed by atoms with van der Waals surface area (Å²) < 4.78 is 2.25. The number of aryl methyl sites for hydroxylation is 1. The van der Waals surface area contributed by atoms with E-state index in [0.717, 1.165) is 12.6 Å². The molecule has 0 radical (unpaired) electrons. The maximum Gasteiger partial charge on any atom is 0.0234 e. The first-order valence-electron chi connectivity index (χ1n) is 4.79. The average Bonchev–Trinajstić information content (AvgIpc) is 2.74. The van der Waals surface area contributed by atoms with Crippen LogP contribution in [0.3, 0.4) is 0 Å². The highest BCUT2D eigenvalue weighted by Crippen LogP contribution is 2.09. The molecule has 1 fully saturated rings. The molecule has 0 aliphatic carbocycles. The summed E-state index contributed by atoms with van der Waals surface area (Å²) in [6.07, 6.45) is 8.26. The lowest BCUT2D eigenvalue weighted by molar-refractivity contribution is 0.506. The van der Waals surface area contributed by atoms with Crippen LogP contribution in [0.2, 0.25) is 0 Å². The van der Waals surface area contributed by atoms with Gasteiger partial charge in [-0.1, -0.05) is 0 Å². The van der Waals surface area contributed by atoms with Crippen molar-refractivity contribution < 1.29 is 0 Å². The van der Waals surface area contributed by atoms with Gasteiger partial charge >= 0.3 is 0 Å². The highest BCUT2D eigenvalue weighted by molar-refractivity contribution is 4.90. The molecule has 2 heterocycles. The van der Waals surface area contributed by atoms with E-state index in [4.69, 9.17) is 0 Å². The minimum atomic E-state index is 0.771. The van der Waals surface area contributed by atoms with Gasteiger partial charge in [0, 0.05) is 25.0 Å². The van der Waals surface area contributed by atoms with Gasteiger partial charge in [-0.2, -0.15) is 0 Å². The molecule has 1 saturated heterocycles. The average molecular weight is 164 g/mol. The molecule has 0 aromatic carbocycles. The third-order valence-electron chi connectivity index (χ3n) is 2.56. The van der Waals surface area contributed by atoms with Crippen LogP contribution in [-0.2, 0) is 6.54 Å². The highest BCUT2D eigenvalue weighted by Gasteiger charge is 2.12. The van der Waals surface area contributed by atoms with Gasteiger partial charge in [-0.15, -0.1) is 0 Å². The zero-order valence-electron chi connectivity index (χ0n) is 7.37. The molecule has 1 unspecified atom stereocenters. The van der Waals surface area contributed by atoms with Gasteiger partial charge in [0.05, 0.1) is 0 Å². The highest BCUT2D eigenvalue weighted by atomic mass is 15.0. The lowest BCUT2D eigenvalue weighted by atomic mass is 10.1. The second-order valence-electron chi connectivity index (χ2n) is 3.50. The van der Waals surface area contributed by atoms with Gasteiger partial charge < -0.3 is 9.88 Å². The van der Waals surface area contributed by atoms with Crippen molar-refractivity contribution in [2.45, 2.75) is 31.8 Å². The van der Waals surface area contributed by atoms with Crippen LogP contribution in [-0.4, -0.2) is 17.2 Å². The van der Waals surface area contributed by atoms with Crippen LogP contribution < -0.4 is 5.32 Å². The minimum Gasteiger partial charge on any atom is -0.354 e. The topological polar surface area (TPSA) is 17.0 Å². The van der Waals surface area contributed by atoms with E-state index < -0.39 is 0 Å². The molecule has 2 nitrogen and oxygen atoms in total. The SMILES string of the molecule is c1ccn(CCC2CCCN2)c1. The molecule has 1 aromatic rings. The van der Waals surface area contributed by atoms with Crippen molar-refractivity contribution in [1.29, 1.82) is 0 Å². The van der Waals surface area contributed by atoms with E-state index in [9.17, 15) is 0 Å². The Kier molecular flexibility index (Phi) is 2.47. The van der Waals surface area contributed by atoms with Crippen LogP contribution in [0.5, 0.6) is 0 Å². The summed E-state index contributed by atoms with van der Waals surface area (Å²) in [5.74, 6) is 0. The maximum atomic E-state index is 3.51. The van der Waals surface area contributed by atoms with Gasteiger partial charge in [-0.3, -0.25) is 0 Å². The Labute approximate surface area is 73.6 Å². The predicted molar refractivity (Wildman–Crippen MR) is 50.1 cm³/mol. The number of nitrogens with one attached hydrogen (secondary N) is 1. The number of hydrogen-bond acceptors (Lipinski definition) is 1. The maximum absolute atomic E-state index is 3.51. The van der Waals surface area contributed by atoms with E-state index in [1.807, 2.05) is 0 Å². The van der Waals surface area contributed by atoms with E-state index in [1.54, 1.807) is 0 Å². The third kappa shape index (κ3) is 1.89. The second kappa shape index (κ2) is 3.76. The summed E-state index contributed by atoms with van der Waals surface area (Å²) in [5, 5.41) is 3.51. The first-order valence-corrected chi connectivity index (χ1v) is 4.79. The molecule has 0 amide bonds. The van der Waals surface area contributed by atoms with Gasteiger partial charge in [0.25, 0.3) is 0 Å². The van der Waals surface area contributed by atoms with Gasteiger partial charge in [-0.25, -0.2) is 0 Å². The molecule has 2 rings (SSSR count). The van der Waals surface area contributed by atoms with Crippen molar-refractivity contribution in [1.82, 2.24) is 9.88 Å². The standard InChI is InChI=1S/C10H16N2/c1-2-8-12(7-1)9-5-10-4-3-6-11-10/h1-2,7-8,10-11H,3-6,9H2. The van der Waals surface area contributed by atoms with E-state index >= 15 is 0 Å². The van der Waals surface area contributed by atoms with Crippen molar-refractivity contribution in [3.8, 4) is 0 Å². The largest absolute Gasteiger partial charge is 0.354 e. The van der Waals surface area contributed by atoms with E-state index in [1.165, 1.54) is 25.8 Å². The Morgan fingerprint density at radius 1 is 1.33 bits per heavy atom. The molecule has 0 saturated carbocycles. The Morgan fingerprint density at radius 3 is 2.83 bits per heavy atom. The minimum absolute atomic E-state index is 0.771. The zero-order valence-corrected chi connectivity index (χ0v) is 7.37. The monoisotopic (exact) mass is 164 g/mol. The van der Waals surface area contributed by atoms with Crippen LogP contribution in [0, 0.1) is 0 Å². The summed E-state index contributed by atoms with van der Waals surface area (Å²) in [4.78, 5) is 0. The first-order chi connectivity index (χ1) is 5.95. The van der Waals surface area contributed by atoms with E-state index in [0.29, 0.717) is 0 Å². The molecule has 1 N–H and O–H groups in total. The summed E-state index contributed by atoms with van der Waals surface area (Å²) in [6.45, 7) is 2.38. The lowest BCUT2D eigenvalue weighted by Crippen LogP contribution is -2.22. The molecule has 1 aliphatic rings. The summed E-state index contributed by atoms with van der Waals surface area (Å²) in [7, 11) is 0. The molecular weight excluding hydrogens is 148 g/mol. The Morgan fingerprint density at radius 2 is 2.17 bits per heavy atom. The summed E-state index contributed by atoms with van der Waals surface area (Å²) >= 11 is 0. The van der Waals surface area contributed by atoms with Crippen molar-refractivity contribution >= 4 is 0 Å². The Balaban J connectivity index is 1.74. The van der Waals surface area contributed by atoms with Crippen LogP contribution in [0.25, 0.3) is 0 Å². The van der Waals surface area contributed by atoms with Crippen LogP contribution in [0.4, 0.5) is 0 Å². The van der Waals surface area contributed by atoms with Crippen LogP contribution >= 0.6 is 0 Å². The van der Waals surface area contributed by atoms with Crippen LogP contribution in [0.15, 0.2) is 24.5 Å². The summed E-state index contributed by atoms with van der Waals surface area (Å²) in [5.41, 5.74) is 0. The molecule has 1 aromatic heterocycles. The molecular formula is C10H16N2. The molecule has 12 heavy (non-hydrogen) atoms. The quantitative estimate of drug-likeness (QED) is 0.718. The fourth-order valence-corrected chi connectivity index (χ4v) is 1.83. The van der Waals surface area contributed by atoms with Gasteiger partial charge in [0.2, 0.25) is 0 Å². The molecule has 0 spiro atoms. The predicted octanol–water partition coefficient (Wildman–Crippen LogP) is 1.63. The first kappa shape index (κ1) is 7.87. The summed E-state index contributed by atoms with van der Waals surface area (Å²) in [6, 6.07) is 4.94. The van der Waals surface area contributed by atoms with Gasteiger partial charge in [0.1, 0.15) is 0 Å². The molecule has 0 bridgehead atoms. The second-order valence-corrected chi connectivity index (χ2v) is 3.50. The number of hydrogen-bond donors (Lipinski definition) is 1. The molecule has 1 atom stereocenters. The van der Waals surface area contributed by atoms with Crippen molar-refractivity contribution in [2.75, 3.05) is 6.54 Å². The normalized spacial score (nSPS) is 23.2.